The van der Waals surface area contributed by atoms with Gasteiger partial charge in [-0.25, -0.2) is 4.39 Å². The van der Waals surface area contributed by atoms with E-state index in [1.54, 1.807) is 23.4 Å². The molecule has 1 amide bonds. The summed E-state index contributed by atoms with van der Waals surface area (Å²) in [6, 6.07) is 6.17. The highest BCUT2D eigenvalue weighted by molar-refractivity contribution is 7.99. The van der Waals surface area contributed by atoms with E-state index < -0.39 is 0 Å². The van der Waals surface area contributed by atoms with Crippen molar-refractivity contribution in [1.82, 2.24) is 14.8 Å². The van der Waals surface area contributed by atoms with Gasteiger partial charge < -0.3 is 9.47 Å². The summed E-state index contributed by atoms with van der Waals surface area (Å²) in [4.78, 5) is 14.0. The monoisotopic (exact) mass is 322 g/mol. The first-order valence-electron chi connectivity index (χ1n) is 7.11. The first kappa shape index (κ1) is 16.5. The van der Waals surface area contributed by atoms with Gasteiger partial charge in [-0.3, -0.25) is 4.79 Å². The van der Waals surface area contributed by atoms with E-state index in [2.05, 4.69) is 10.2 Å². The van der Waals surface area contributed by atoms with Crippen molar-refractivity contribution in [3.8, 4) is 0 Å². The van der Waals surface area contributed by atoms with E-state index in [9.17, 15) is 9.18 Å². The third kappa shape index (κ3) is 3.85. The minimum absolute atomic E-state index is 0.0441. The van der Waals surface area contributed by atoms with Crippen LogP contribution in [0.1, 0.15) is 26.8 Å². The molecule has 0 spiro atoms. The van der Waals surface area contributed by atoms with Crippen molar-refractivity contribution in [2.24, 2.45) is 0 Å². The first-order valence-corrected chi connectivity index (χ1v) is 8.09. The van der Waals surface area contributed by atoms with Gasteiger partial charge in [0.2, 0.25) is 5.91 Å². The summed E-state index contributed by atoms with van der Waals surface area (Å²) in [5.41, 5.74) is 0.694. The molecule has 0 bridgehead atoms. The number of carbonyl (C=O) groups is 1. The van der Waals surface area contributed by atoms with Crippen LogP contribution in [-0.2, 0) is 4.79 Å². The maximum atomic E-state index is 13.0. The van der Waals surface area contributed by atoms with E-state index >= 15 is 0 Å². The summed E-state index contributed by atoms with van der Waals surface area (Å²) < 4.78 is 14.9. The summed E-state index contributed by atoms with van der Waals surface area (Å²) in [5.74, 6) is -0.0968. The maximum absolute atomic E-state index is 13.0. The van der Waals surface area contributed by atoms with E-state index in [0.29, 0.717) is 12.2 Å². The fourth-order valence-electron chi connectivity index (χ4n) is 2.02. The number of hydrogen-bond acceptors (Lipinski definition) is 4. The van der Waals surface area contributed by atoms with Gasteiger partial charge in [0.1, 0.15) is 12.1 Å². The molecule has 1 heterocycles. The topological polar surface area (TPSA) is 51.0 Å². The molecule has 7 heteroatoms. The lowest BCUT2D eigenvalue weighted by Gasteiger charge is -2.21. The van der Waals surface area contributed by atoms with Crippen LogP contribution in [0.4, 0.5) is 10.1 Å². The van der Waals surface area contributed by atoms with Crippen molar-refractivity contribution in [3.63, 3.8) is 0 Å². The van der Waals surface area contributed by atoms with Crippen LogP contribution in [0.2, 0.25) is 0 Å². The largest absolute Gasteiger partial charge is 0.312 e. The molecule has 0 saturated carbocycles. The average molecular weight is 322 g/mol. The van der Waals surface area contributed by atoms with Crippen LogP contribution in [0, 0.1) is 5.82 Å². The molecule has 1 aromatic heterocycles. The molecule has 0 aliphatic rings. The molecule has 2 aromatic rings. The van der Waals surface area contributed by atoms with Crippen molar-refractivity contribution in [2.45, 2.75) is 32.0 Å². The molecule has 0 aliphatic heterocycles. The van der Waals surface area contributed by atoms with E-state index in [1.165, 1.54) is 23.9 Å². The first-order chi connectivity index (χ1) is 10.5. The second-order valence-corrected chi connectivity index (χ2v) is 5.96. The van der Waals surface area contributed by atoms with Crippen LogP contribution in [0.15, 0.2) is 35.7 Å². The Hall–Kier alpha value is -1.89. The molecule has 118 valence electrons. The summed E-state index contributed by atoms with van der Waals surface area (Å²) in [7, 11) is 0. The van der Waals surface area contributed by atoms with Crippen LogP contribution in [-0.4, -0.2) is 33.0 Å². The second-order valence-electron chi connectivity index (χ2n) is 5.02. The molecule has 22 heavy (non-hydrogen) atoms. The van der Waals surface area contributed by atoms with E-state index in [0.717, 1.165) is 5.16 Å². The Morgan fingerprint density at radius 2 is 2.05 bits per heavy atom. The molecule has 0 saturated heterocycles. The number of carbonyl (C=O) groups excluding carboxylic acids is 1. The number of hydrogen-bond donors (Lipinski definition) is 0. The van der Waals surface area contributed by atoms with Gasteiger partial charge in [0.25, 0.3) is 0 Å². The van der Waals surface area contributed by atoms with Crippen LogP contribution >= 0.6 is 11.8 Å². The van der Waals surface area contributed by atoms with Gasteiger partial charge in [-0.05, 0) is 45.0 Å². The highest BCUT2D eigenvalue weighted by Gasteiger charge is 2.16. The Bertz CT molecular complexity index is 627. The number of amides is 1. The Kier molecular flexibility index (Phi) is 5.54. The van der Waals surface area contributed by atoms with Crippen molar-refractivity contribution in [3.05, 3.63) is 36.4 Å². The SMILES string of the molecule is CCN(C(=O)CSc1nncn1C(C)C)c1ccc(F)cc1. The van der Waals surface area contributed by atoms with Gasteiger partial charge in [0, 0.05) is 18.3 Å². The standard InChI is InChI=1S/C15H19FN4OS/c1-4-19(13-7-5-12(16)6-8-13)14(21)9-22-15-18-17-10-20(15)11(2)3/h5-8,10-11H,4,9H2,1-3H3. The smallest absolute Gasteiger partial charge is 0.237 e. The molecule has 0 fully saturated rings. The summed E-state index contributed by atoms with van der Waals surface area (Å²) in [6.45, 7) is 6.49. The summed E-state index contributed by atoms with van der Waals surface area (Å²) in [5, 5.41) is 8.64. The van der Waals surface area contributed by atoms with Crippen molar-refractivity contribution in [2.75, 3.05) is 17.2 Å². The molecule has 0 N–H and O–H groups in total. The Morgan fingerprint density at radius 1 is 1.36 bits per heavy atom. The van der Waals surface area contributed by atoms with Gasteiger partial charge in [0.15, 0.2) is 5.16 Å². The number of nitrogens with zero attached hydrogens (tertiary/aromatic N) is 4. The molecule has 0 radical (unpaired) electrons. The molecule has 0 aliphatic carbocycles. The second kappa shape index (κ2) is 7.40. The lowest BCUT2D eigenvalue weighted by atomic mass is 10.3. The van der Waals surface area contributed by atoms with E-state index in [1.807, 2.05) is 25.3 Å². The van der Waals surface area contributed by atoms with Crippen LogP contribution in [0.25, 0.3) is 0 Å². The molecule has 0 unspecified atom stereocenters. The van der Waals surface area contributed by atoms with Gasteiger partial charge in [-0.2, -0.15) is 0 Å². The Balaban J connectivity index is 2.03. The molecular weight excluding hydrogens is 303 g/mol. The Labute approximate surface area is 133 Å². The van der Waals surface area contributed by atoms with E-state index in [4.69, 9.17) is 0 Å². The number of anilines is 1. The van der Waals surface area contributed by atoms with Gasteiger partial charge in [0.05, 0.1) is 5.75 Å². The molecule has 5 nitrogen and oxygen atoms in total. The number of aromatic nitrogens is 3. The minimum atomic E-state index is -0.313. The minimum Gasteiger partial charge on any atom is -0.312 e. The number of benzene rings is 1. The zero-order chi connectivity index (χ0) is 16.1. The number of rotatable bonds is 6. The number of halogens is 1. The van der Waals surface area contributed by atoms with Crippen molar-refractivity contribution >= 4 is 23.4 Å². The normalized spacial score (nSPS) is 11.0. The predicted octanol–water partition coefficient (Wildman–Crippen LogP) is 3.14. The Morgan fingerprint density at radius 3 is 2.64 bits per heavy atom. The lowest BCUT2D eigenvalue weighted by Crippen LogP contribution is -2.32. The summed E-state index contributed by atoms with van der Waals surface area (Å²) in [6.07, 6.45) is 1.66. The molecule has 0 atom stereocenters. The predicted molar refractivity (Wildman–Crippen MR) is 85.6 cm³/mol. The van der Waals surface area contributed by atoms with Crippen molar-refractivity contribution in [1.29, 1.82) is 0 Å². The third-order valence-corrected chi connectivity index (χ3v) is 4.12. The fraction of sp³-hybridized carbons (Fsp3) is 0.400. The van der Waals surface area contributed by atoms with Gasteiger partial charge >= 0.3 is 0 Å². The molecule has 1 aromatic carbocycles. The quantitative estimate of drug-likeness (QED) is 0.767. The van der Waals surface area contributed by atoms with E-state index in [-0.39, 0.29) is 23.5 Å². The zero-order valence-corrected chi connectivity index (χ0v) is 13.7. The lowest BCUT2D eigenvalue weighted by molar-refractivity contribution is -0.116. The number of thioether (sulfide) groups is 1. The van der Waals surface area contributed by atoms with Crippen LogP contribution < -0.4 is 4.90 Å². The van der Waals surface area contributed by atoms with Crippen molar-refractivity contribution < 1.29 is 9.18 Å². The van der Waals surface area contributed by atoms with Crippen LogP contribution in [0.5, 0.6) is 0 Å². The van der Waals surface area contributed by atoms with Crippen LogP contribution in [0.3, 0.4) is 0 Å². The molecular formula is C15H19FN4OS. The average Bonchev–Trinajstić information content (AvgIpc) is 2.96. The third-order valence-electron chi connectivity index (χ3n) is 3.18. The summed E-state index contributed by atoms with van der Waals surface area (Å²) >= 11 is 1.36. The zero-order valence-electron chi connectivity index (χ0n) is 12.9. The van der Waals surface area contributed by atoms with Gasteiger partial charge in [-0.15, -0.1) is 10.2 Å². The molecule has 2 rings (SSSR count). The van der Waals surface area contributed by atoms with Gasteiger partial charge in [-0.1, -0.05) is 11.8 Å². The fourth-order valence-corrected chi connectivity index (χ4v) is 2.94. The highest BCUT2D eigenvalue weighted by Crippen LogP contribution is 2.21. The maximum Gasteiger partial charge on any atom is 0.237 e. The highest BCUT2D eigenvalue weighted by atomic mass is 32.2.